The van der Waals surface area contributed by atoms with Gasteiger partial charge in [0.25, 0.3) is 0 Å². The molecule has 0 aliphatic rings. The van der Waals surface area contributed by atoms with Crippen LogP contribution in [0.25, 0.3) is 0 Å². The maximum Gasteiger partial charge on any atom is 0.114 e. The van der Waals surface area contributed by atoms with Crippen LogP contribution in [0.3, 0.4) is 0 Å². The monoisotopic (exact) mass is 199 g/mol. The molecule has 0 spiro atoms. The second-order valence-corrected chi connectivity index (χ2v) is 4.24. The predicted octanol–water partition coefficient (Wildman–Crippen LogP) is 2.42. The molecule has 0 amide bonds. The maximum atomic E-state index is 5.64. The number of thioether (sulfide) groups is 1. The van der Waals surface area contributed by atoms with E-state index in [0.717, 1.165) is 29.4 Å². The molecular formula is C10H17NOS. The third-order valence-electron chi connectivity index (χ3n) is 1.69. The van der Waals surface area contributed by atoms with E-state index in [2.05, 4.69) is 6.92 Å². The lowest BCUT2D eigenvalue weighted by Gasteiger charge is -2.02. The summed E-state index contributed by atoms with van der Waals surface area (Å²) in [5, 5.41) is 0. The summed E-state index contributed by atoms with van der Waals surface area (Å²) in [7, 11) is 0. The van der Waals surface area contributed by atoms with Crippen molar-refractivity contribution in [1.29, 1.82) is 0 Å². The van der Waals surface area contributed by atoms with E-state index in [1.54, 1.807) is 0 Å². The highest BCUT2D eigenvalue weighted by Crippen LogP contribution is 2.15. The molecule has 0 fully saturated rings. The Labute approximate surface area is 83.9 Å². The number of furan rings is 1. The fourth-order valence-corrected chi connectivity index (χ4v) is 1.88. The first-order chi connectivity index (χ1) is 6.22. The molecule has 1 atom stereocenters. The van der Waals surface area contributed by atoms with Crippen LogP contribution >= 0.6 is 11.8 Å². The second kappa shape index (κ2) is 5.35. The molecule has 1 aromatic heterocycles. The number of aryl methyl sites for hydroxylation is 1. The summed E-state index contributed by atoms with van der Waals surface area (Å²) in [6.45, 7) is 4.12. The summed E-state index contributed by atoms with van der Waals surface area (Å²) in [6, 6.07) is 4.36. The van der Waals surface area contributed by atoms with Gasteiger partial charge in [-0.25, -0.2) is 0 Å². The van der Waals surface area contributed by atoms with E-state index in [1.165, 1.54) is 0 Å². The predicted molar refractivity (Wildman–Crippen MR) is 57.9 cm³/mol. The second-order valence-electron chi connectivity index (χ2n) is 3.21. The molecule has 0 saturated heterocycles. The highest BCUT2D eigenvalue weighted by Gasteiger charge is 2.01. The minimum absolute atomic E-state index is 0.269. The van der Waals surface area contributed by atoms with Gasteiger partial charge in [0.1, 0.15) is 11.5 Å². The molecule has 3 heteroatoms. The molecule has 0 aliphatic heterocycles. The van der Waals surface area contributed by atoms with Gasteiger partial charge < -0.3 is 10.2 Å². The van der Waals surface area contributed by atoms with Crippen molar-refractivity contribution >= 4 is 11.8 Å². The molecule has 0 unspecified atom stereocenters. The fraction of sp³-hybridized carbons (Fsp3) is 0.600. The molecule has 13 heavy (non-hydrogen) atoms. The zero-order valence-electron chi connectivity index (χ0n) is 8.25. The van der Waals surface area contributed by atoms with E-state index in [1.807, 2.05) is 30.8 Å². The smallest absolute Gasteiger partial charge is 0.114 e. The first-order valence-corrected chi connectivity index (χ1v) is 5.78. The Morgan fingerprint density at radius 2 is 2.15 bits per heavy atom. The molecule has 0 aromatic carbocycles. The fourth-order valence-electron chi connectivity index (χ4n) is 1.04. The van der Waals surface area contributed by atoms with Crippen LogP contribution in [0.2, 0.25) is 0 Å². The SMILES string of the molecule is CCc1ccc(CSC[C@H](C)N)o1. The first-order valence-electron chi connectivity index (χ1n) is 4.63. The Bertz CT molecular complexity index is 245. The minimum atomic E-state index is 0.269. The van der Waals surface area contributed by atoms with Crippen LogP contribution in [0.1, 0.15) is 25.4 Å². The molecule has 1 aromatic rings. The van der Waals surface area contributed by atoms with Gasteiger partial charge >= 0.3 is 0 Å². The molecule has 0 aliphatic carbocycles. The summed E-state index contributed by atoms with van der Waals surface area (Å²) in [6.07, 6.45) is 0.970. The molecule has 2 nitrogen and oxygen atoms in total. The van der Waals surface area contributed by atoms with E-state index in [0.29, 0.717) is 0 Å². The summed E-state index contributed by atoms with van der Waals surface area (Å²) in [5.41, 5.74) is 5.64. The van der Waals surface area contributed by atoms with Crippen LogP contribution in [-0.2, 0) is 12.2 Å². The average molecular weight is 199 g/mol. The molecule has 1 heterocycles. The molecule has 74 valence electrons. The third kappa shape index (κ3) is 3.87. The summed E-state index contributed by atoms with van der Waals surface area (Å²) in [4.78, 5) is 0. The van der Waals surface area contributed by atoms with Crippen molar-refractivity contribution in [2.24, 2.45) is 5.73 Å². The standard InChI is InChI=1S/C10H17NOS/c1-3-9-4-5-10(12-9)7-13-6-8(2)11/h4-5,8H,3,6-7,11H2,1-2H3/t8-/m0/s1. The van der Waals surface area contributed by atoms with Crippen molar-refractivity contribution in [1.82, 2.24) is 0 Å². The third-order valence-corrected chi connectivity index (χ3v) is 2.94. The van der Waals surface area contributed by atoms with Gasteiger partial charge in [-0.05, 0) is 19.1 Å². The average Bonchev–Trinajstić information content (AvgIpc) is 2.52. The van der Waals surface area contributed by atoms with E-state index in [4.69, 9.17) is 10.2 Å². The lowest BCUT2D eigenvalue weighted by molar-refractivity contribution is 0.485. The van der Waals surface area contributed by atoms with Crippen molar-refractivity contribution < 1.29 is 4.42 Å². The van der Waals surface area contributed by atoms with Crippen LogP contribution in [0.5, 0.6) is 0 Å². The van der Waals surface area contributed by atoms with Gasteiger partial charge in [-0.3, -0.25) is 0 Å². The van der Waals surface area contributed by atoms with Crippen molar-refractivity contribution in [2.45, 2.75) is 32.1 Å². The molecule has 2 N–H and O–H groups in total. The topological polar surface area (TPSA) is 39.2 Å². The van der Waals surface area contributed by atoms with E-state index in [9.17, 15) is 0 Å². The zero-order valence-corrected chi connectivity index (χ0v) is 9.06. The van der Waals surface area contributed by atoms with Gasteiger partial charge in [-0.2, -0.15) is 11.8 Å². The molecule has 0 bridgehead atoms. The van der Waals surface area contributed by atoms with Crippen LogP contribution in [0.15, 0.2) is 16.5 Å². The molecule has 1 rings (SSSR count). The highest BCUT2D eigenvalue weighted by molar-refractivity contribution is 7.98. The maximum absolute atomic E-state index is 5.64. The minimum Gasteiger partial charge on any atom is -0.465 e. The largest absolute Gasteiger partial charge is 0.465 e. The summed E-state index contributed by atoms with van der Waals surface area (Å²) < 4.78 is 5.55. The quantitative estimate of drug-likeness (QED) is 0.791. The first kappa shape index (κ1) is 10.7. The van der Waals surface area contributed by atoms with Crippen LogP contribution < -0.4 is 5.73 Å². The van der Waals surface area contributed by atoms with Crippen LogP contribution in [0, 0.1) is 0 Å². The Hall–Kier alpha value is -0.410. The Balaban J connectivity index is 2.28. The van der Waals surface area contributed by atoms with Crippen molar-refractivity contribution in [3.05, 3.63) is 23.7 Å². The van der Waals surface area contributed by atoms with E-state index in [-0.39, 0.29) is 6.04 Å². The normalized spacial score (nSPS) is 13.2. The van der Waals surface area contributed by atoms with Crippen LogP contribution in [-0.4, -0.2) is 11.8 Å². The Morgan fingerprint density at radius 1 is 1.46 bits per heavy atom. The lowest BCUT2D eigenvalue weighted by Crippen LogP contribution is -2.17. The molecule has 0 saturated carbocycles. The van der Waals surface area contributed by atoms with Gasteiger partial charge in [-0.15, -0.1) is 0 Å². The van der Waals surface area contributed by atoms with Gasteiger partial charge in [0, 0.05) is 18.2 Å². The van der Waals surface area contributed by atoms with Gasteiger partial charge in [0.2, 0.25) is 0 Å². The van der Waals surface area contributed by atoms with Crippen LogP contribution in [0.4, 0.5) is 0 Å². The number of nitrogens with two attached hydrogens (primary N) is 1. The molecule has 0 radical (unpaired) electrons. The van der Waals surface area contributed by atoms with Crippen molar-refractivity contribution in [3.8, 4) is 0 Å². The zero-order chi connectivity index (χ0) is 9.68. The van der Waals surface area contributed by atoms with Gasteiger partial charge in [0.15, 0.2) is 0 Å². The molecular weight excluding hydrogens is 182 g/mol. The highest BCUT2D eigenvalue weighted by atomic mass is 32.2. The van der Waals surface area contributed by atoms with Gasteiger partial charge in [0.05, 0.1) is 5.75 Å². The Morgan fingerprint density at radius 3 is 2.69 bits per heavy atom. The summed E-state index contributed by atoms with van der Waals surface area (Å²) >= 11 is 1.82. The number of hydrogen-bond acceptors (Lipinski definition) is 3. The van der Waals surface area contributed by atoms with Crippen molar-refractivity contribution in [2.75, 3.05) is 5.75 Å². The number of hydrogen-bond donors (Lipinski definition) is 1. The summed E-state index contributed by atoms with van der Waals surface area (Å²) in [5.74, 6) is 4.04. The number of rotatable bonds is 5. The van der Waals surface area contributed by atoms with Crippen molar-refractivity contribution in [3.63, 3.8) is 0 Å². The van der Waals surface area contributed by atoms with Gasteiger partial charge in [-0.1, -0.05) is 6.92 Å². The Kier molecular flexibility index (Phi) is 4.39. The van der Waals surface area contributed by atoms with E-state index < -0.39 is 0 Å². The lowest BCUT2D eigenvalue weighted by atomic mass is 10.4. The van der Waals surface area contributed by atoms with E-state index >= 15 is 0 Å².